The molecule has 34 heavy (non-hydrogen) atoms. The summed E-state index contributed by atoms with van der Waals surface area (Å²) < 4.78 is 5.20. The summed E-state index contributed by atoms with van der Waals surface area (Å²) in [7, 11) is 0. The van der Waals surface area contributed by atoms with E-state index in [1.807, 2.05) is 17.0 Å². The first-order valence-corrected chi connectivity index (χ1v) is 11.5. The smallest absolute Gasteiger partial charge is 0.289 e. The van der Waals surface area contributed by atoms with Gasteiger partial charge in [-0.25, -0.2) is 0 Å². The van der Waals surface area contributed by atoms with Gasteiger partial charge in [0.05, 0.1) is 17.9 Å². The average molecular weight is 463 g/mol. The minimum absolute atomic E-state index is 0.0460. The Morgan fingerprint density at radius 2 is 1.71 bits per heavy atom. The van der Waals surface area contributed by atoms with E-state index in [9.17, 15) is 14.4 Å². The Morgan fingerprint density at radius 1 is 0.941 bits per heavy atom. The Labute approximate surface area is 196 Å². The maximum absolute atomic E-state index is 13.2. The number of likely N-dealkylation sites (tertiary alicyclic amines) is 1. The van der Waals surface area contributed by atoms with Gasteiger partial charge in [0.15, 0.2) is 5.76 Å². The number of piperidine rings is 1. The lowest BCUT2D eigenvalue weighted by atomic mass is 9.96. The molecular weight excluding hydrogens is 436 g/mol. The summed E-state index contributed by atoms with van der Waals surface area (Å²) in [5.41, 5.74) is 1.96. The zero-order valence-electron chi connectivity index (χ0n) is 18.7. The van der Waals surface area contributed by atoms with Crippen LogP contribution < -0.4 is 0 Å². The maximum atomic E-state index is 13.2. The molecule has 10 heteroatoms. The van der Waals surface area contributed by atoms with Crippen molar-refractivity contribution in [3.05, 3.63) is 60.4 Å². The van der Waals surface area contributed by atoms with Crippen molar-refractivity contribution in [1.82, 2.24) is 29.9 Å². The standard InChI is InChI=1S/C24H26N6O4/c31-22(28-10-12-29(13-11-28)24(33)21-4-2-14-34-21)18-3-1-9-30(16-18)23(32)20-15-19(26-27-20)17-5-7-25-8-6-17/h2,4-8,14-15,18H,1,3,9-13,16H2,(H,26,27). The molecule has 2 aliphatic heterocycles. The molecule has 0 bridgehead atoms. The van der Waals surface area contributed by atoms with E-state index in [1.165, 1.54) is 6.26 Å². The predicted octanol–water partition coefficient (Wildman–Crippen LogP) is 1.90. The first-order chi connectivity index (χ1) is 16.6. The summed E-state index contributed by atoms with van der Waals surface area (Å²) in [5, 5.41) is 7.09. The molecule has 0 aromatic carbocycles. The van der Waals surface area contributed by atoms with E-state index in [2.05, 4.69) is 15.2 Å². The van der Waals surface area contributed by atoms with Gasteiger partial charge in [-0.1, -0.05) is 0 Å². The van der Waals surface area contributed by atoms with Crippen LogP contribution in [0.15, 0.2) is 53.4 Å². The van der Waals surface area contributed by atoms with Gasteiger partial charge in [-0.15, -0.1) is 0 Å². The number of amides is 3. The molecule has 3 amide bonds. The number of carbonyl (C=O) groups is 3. The third kappa shape index (κ3) is 4.43. The molecule has 0 saturated carbocycles. The van der Waals surface area contributed by atoms with Gasteiger partial charge < -0.3 is 19.1 Å². The summed E-state index contributed by atoms with van der Waals surface area (Å²) in [4.78, 5) is 48.0. The van der Waals surface area contributed by atoms with Crippen molar-refractivity contribution in [3.63, 3.8) is 0 Å². The number of aromatic nitrogens is 3. The van der Waals surface area contributed by atoms with Gasteiger partial charge >= 0.3 is 0 Å². The Balaban J connectivity index is 1.18. The Morgan fingerprint density at radius 3 is 2.44 bits per heavy atom. The van der Waals surface area contributed by atoms with Crippen molar-refractivity contribution in [1.29, 1.82) is 0 Å². The number of nitrogens with one attached hydrogen (secondary N) is 1. The fourth-order valence-corrected chi connectivity index (χ4v) is 4.58. The Bertz CT molecular complexity index is 1150. The van der Waals surface area contributed by atoms with E-state index in [1.54, 1.807) is 40.4 Å². The van der Waals surface area contributed by atoms with E-state index >= 15 is 0 Å². The summed E-state index contributed by atoms with van der Waals surface area (Å²) in [6.45, 7) is 2.88. The minimum atomic E-state index is -0.243. The SMILES string of the molecule is O=C(c1cc(-c2ccncc2)n[nH]1)N1CCCC(C(=O)N2CCN(C(=O)c3ccco3)CC2)C1. The third-order valence-corrected chi connectivity index (χ3v) is 6.45. The Hall–Kier alpha value is -3.95. The molecule has 10 nitrogen and oxygen atoms in total. The zero-order chi connectivity index (χ0) is 23.5. The van der Waals surface area contributed by atoms with Gasteiger partial charge in [-0.05, 0) is 43.2 Å². The molecule has 1 unspecified atom stereocenters. The number of carbonyl (C=O) groups excluding carboxylic acids is 3. The summed E-state index contributed by atoms with van der Waals surface area (Å²) in [5.74, 6) is -0.194. The van der Waals surface area contributed by atoms with Crippen LogP contribution in [0.4, 0.5) is 0 Å². The molecule has 0 radical (unpaired) electrons. The molecular formula is C24H26N6O4. The van der Waals surface area contributed by atoms with Gasteiger partial charge in [0.25, 0.3) is 11.8 Å². The zero-order valence-corrected chi connectivity index (χ0v) is 18.7. The number of hydrogen-bond donors (Lipinski definition) is 1. The minimum Gasteiger partial charge on any atom is -0.459 e. The van der Waals surface area contributed by atoms with Crippen molar-refractivity contribution in [2.24, 2.45) is 5.92 Å². The van der Waals surface area contributed by atoms with Crippen LogP contribution in [0.3, 0.4) is 0 Å². The van der Waals surface area contributed by atoms with Crippen LogP contribution in [0.5, 0.6) is 0 Å². The molecule has 5 rings (SSSR count). The first kappa shape index (κ1) is 21.9. The van der Waals surface area contributed by atoms with E-state index in [4.69, 9.17) is 4.42 Å². The highest BCUT2D eigenvalue weighted by Crippen LogP contribution is 2.23. The number of pyridine rings is 1. The van der Waals surface area contributed by atoms with Crippen molar-refractivity contribution < 1.29 is 18.8 Å². The molecule has 1 N–H and O–H groups in total. The van der Waals surface area contributed by atoms with Crippen LogP contribution in [0.25, 0.3) is 11.3 Å². The number of aromatic amines is 1. The largest absolute Gasteiger partial charge is 0.459 e. The lowest BCUT2D eigenvalue weighted by molar-refractivity contribution is -0.138. The molecule has 2 aliphatic rings. The lowest BCUT2D eigenvalue weighted by Gasteiger charge is -2.38. The number of piperazine rings is 1. The van der Waals surface area contributed by atoms with E-state index in [0.29, 0.717) is 56.4 Å². The topological polar surface area (TPSA) is 116 Å². The second kappa shape index (κ2) is 9.50. The highest BCUT2D eigenvalue weighted by atomic mass is 16.3. The molecule has 0 spiro atoms. The number of H-pyrrole nitrogens is 1. The van der Waals surface area contributed by atoms with Gasteiger partial charge in [-0.3, -0.25) is 24.5 Å². The van der Waals surface area contributed by atoms with E-state index in [-0.39, 0.29) is 23.6 Å². The second-order valence-corrected chi connectivity index (χ2v) is 8.59. The van der Waals surface area contributed by atoms with E-state index in [0.717, 1.165) is 18.4 Å². The van der Waals surface area contributed by atoms with Gasteiger partial charge in [0.1, 0.15) is 5.69 Å². The highest BCUT2D eigenvalue weighted by molar-refractivity contribution is 5.94. The van der Waals surface area contributed by atoms with Gasteiger partial charge in [0.2, 0.25) is 5.91 Å². The monoisotopic (exact) mass is 462 g/mol. The number of rotatable bonds is 4. The maximum Gasteiger partial charge on any atom is 0.289 e. The number of nitrogens with zero attached hydrogens (tertiary/aromatic N) is 5. The normalized spacial score (nSPS) is 18.7. The molecule has 3 aromatic heterocycles. The highest BCUT2D eigenvalue weighted by Gasteiger charge is 2.34. The molecule has 0 aliphatic carbocycles. The fraction of sp³-hybridized carbons (Fsp3) is 0.375. The molecule has 3 aromatic rings. The van der Waals surface area contributed by atoms with E-state index < -0.39 is 0 Å². The van der Waals surface area contributed by atoms with Crippen LogP contribution in [-0.2, 0) is 4.79 Å². The van der Waals surface area contributed by atoms with Crippen LogP contribution in [0.2, 0.25) is 0 Å². The molecule has 2 saturated heterocycles. The quantitative estimate of drug-likeness (QED) is 0.633. The van der Waals surface area contributed by atoms with Crippen molar-refractivity contribution in [2.45, 2.75) is 12.8 Å². The third-order valence-electron chi connectivity index (χ3n) is 6.45. The average Bonchev–Trinajstić information content (AvgIpc) is 3.61. The van der Waals surface area contributed by atoms with Gasteiger partial charge in [-0.2, -0.15) is 5.10 Å². The van der Waals surface area contributed by atoms with Gasteiger partial charge in [0, 0.05) is 57.2 Å². The summed E-state index contributed by atoms with van der Waals surface area (Å²) in [6.07, 6.45) is 6.36. The lowest BCUT2D eigenvalue weighted by Crippen LogP contribution is -2.54. The molecule has 176 valence electrons. The predicted molar refractivity (Wildman–Crippen MR) is 122 cm³/mol. The van der Waals surface area contributed by atoms with Crippen LogP contribution in [0.1, 0.15) is 33.9 Å². The second-order valence-electron chi connectivity index (χ2n) is 8.59. The number of furan rings is 1. The summed E-state index contributed by atoms with van der Waals surface area (Å²) >= 11 is 0. The fourth-order valence-electron chi connectivity index (χ4n) is 4.58. The number of hydrogen-bond acceptors (Lipinski definition) is 6. The van der Waals surface area contributed by atoms with Crippen molar-refractivity contribution in [3.8, 4) is 11.3 Å². The van der Waals surface area contributed by atoms with Crippen molar-refractivity contribution >= 4 is 17.7 Å². The molecule has 2 fully saturated rings. The Kier molecular flexibility index (Phi) is 6.11. The van der Waals surface area contributed by atoms with Crippen molar-refractivity contribution in [2.75, 3.05) is 39.3 Å². The van der Waals surface area contributed by atoms with Crippen LogP contribution in [-0.4, -0.2) is 86.9 Å². The van der Waals surface area contributed by atoms with Crippen LogP contribution >= 0.6 is 0 Å². The molecule has 1 atom stereocenters. The molecule has 5 heterocycles. The van der Waals surface area contributed by atoms with Crippen LogP contribution in [0, 0.1) is 5.92 Å². The first-order valence-electron chi connectivity index (χ1n) is 11.5. The summed E-state index contributed by atoms with van der Waals surface area (Å²) in [6, 6.07) is 8.74.